The Hall–Kier alpha value is -3.73. The average molecular weight is 526 g/mol. The number of nitriles is 1. The summed E-state index contributed by atoms with van der Waals surface area (Å²) in [5.41, 5.74) is 3.05. The molecule has 0 aliphatic heterocycles. The quantitative estimate of drug-likeness (QED) is 0.371. The van der Waals surface area contributed by atoms with Crippen LogP contribution in [0.4, 0.5) is 5.69 Å². The fourth-order valence-corrected chi connectivity index (χ4v) is 3.98. The van der Waals surface area contributed by atoms with E-state index in [0.717, 1.165) is 11.1 Å². The van der Waals surface area contributed by atoms with Crippen molar-refractivity contribution in [3.63, 3.8) is 0 Å². The topological polar surface area (TPSA) is 100 Å². The number of anilines is 1. The number of nitrogens with zero attached hydrogens (tertiary/aromatic N) is 1. The third-order valence-corrected chi connectivity index (χ3v) is 6.09. The predicted molar refractivity (Wildman–Crippen MR) is 140 cm³/mol. The second-order valence-corrected chi connectivity index (χ2v) is 8.80. The van der Waals surface area contributed by atoms with Crippen molar-refractivity contribution < 1.29 is 19.1 Å². The summed E-state index contributed by atoms with van der Waals surface area (Å²) >= 11 is 12.5. The summed E-state index contributed by atoms with van der Waals surface area (Å²) in [6, 6.07) is 17.6. The summed E-state index contributed by atoms with van der Waals surface area (Å²) in [7, 11) is 3.00. The molecule has 1 unspecified atom stereocenters. The van der Waals surface area contributed by atoms with Gasteiger partial charge in [0.25, 0.3) is 5.91 Å². The molecule has 3 rings (SSSR count). The standard InChI is InChI=1S/C27H25Cl2N3O4/c1-16-10-22(23(15-30)17-4-6-19(28)7-5-17)24(29)14-25(16)32-26(33)8-9-31-27(34)18-11-20(35-2)13-21(12-18)36-3/h4-7,10-14,23H,8-9H2,1-3H3,(H,31,34)(H,32,33). The van der Waals surface area contributed by atoms with Gasteiger partial charge in [-0.05, 0) is 53.9 Å². The molecule has 9 heteroatoms. The van der Waals surface area contributed by atoms with Crippen LogP contribution in [0.15, 0.2) is 54.6 Å². The van der Waals surface area contributed by atoms with Crippen LogP contribution < -0.4 is 20.1 Å². The highest BCUT2D eigenvalue weighted by Crippen LogP contribution is 2.34. The minimum atomic E-state index is -0.580. The number of halogens is 2. The first-order chi connectivity index (χ1) is 17.2. The second-order valence-electron chi connectivity index (χ2n) is 7.96. The minimum absolute atomic E-state index is 0.0528. The number of hydrogen-bond acceptors (Lipinski definition) is 5. The highest BCUT2D eigenvalue weighted by molar-refractivity contribution is 6.32. The molecular weight excluding hydrogens is 501 g/mol. The number of aryl methyl sites for hydroxylation is 1. The molecule has 3 aromatic carbocycles. The Labute approximate surface area is 219 Å². The molecule has 0 aromatic heterocycles. The van der Waals surface area contributed by atoms with Crippen molar-refractivity contribution in [2.75, 3.05) is 26.1 Å². The molecule has 3 aromatic rings. The van der Waals surface area contributed by atoms with Crippen LogP contribution in [0, 0.1) is 18.3 Å². The molecule has 0 bridgehead atoms. The number of ether oxygens (including phenoxy) is 2. The SMILES string of the molecule is COc1cc(OC)cc(C(=O)NCCC(=O)Nc2cc(Cl)c(C(C#N)c3ccc(Cl)cc3)cc2C)c1. The van der Waals surface area contributed by atoms with Crippen LogP contribution in [-0.2, 0) is 4.79 Å². The fraction of sp³-hybridized carbons (Fsp3) is 0.222. The van der Waals surface area contributed by atoms with Crippen LogP contribution in [-0.4, -0.2) is 32.6 Å². The maximum Gasteiger partial charge on any atom is 0.251 e. The summed E-state index contributed by atoms with van der Waals surface area (Å²) in [4.78, 5) is 25.0. The average Bonchev–Trinajstić information content (AvgIpc) is 2.87. The fourth-order valence-electron chi connectivity index (χ4n) is 3.58. The van der Waals surface area contributed by atoms with Gasteiger partial charge in [-0.25, -0.2) is 0 Å². The highest BCUT2D eigenvalue weighted by atomic mass is 35.5. The smallest absolute Gasteiger partial charge is 0.251 e. The number of rotatable bonds is 9. The number of nitrogens with one attached hydrogen (secondary N) is 2. The first-order valence-corrected chi connectivity index (χ1v) is 11.8. The molecule has 186 valence electrons. The van der Waals surface area contributed by atoms with Crippen LogP contribution in [0.5, 0.6) is 11.5 Å². The first kappa shape index (κ1) is 26.9. The lowest BCUT2D eigenvalue weighted by Gasteiger charge is -2.16. The molecule has 0 aliphatic rings. The van der Waals surface area contributed by atoms with Gasteiger partial charge in [-0.1, -0.05) is 41.4 Å². The highest BCUT2D eigenvalue weighted by Gasteiger charge is 2.19. The van der Waals surface area contributed by atoms with Crippen LogP contribution in [0.1, 0.15) is 39.4 Å². The van der Waals surface area contributed by atoms with E-state index in [9.17, 15) is 14.9 Å². The molecule has 0 heterocycles. The van der Waals surface area contributed by atoms with E-state index in [0.29, 0.717) is 38.4 Å². The van der Waals surface area contributed by atoms with E-state index in [2.05, 4.69) is 16.7 Å². The predicted octanol–water partition coefficient (Wildman–Crippen LogP) is 5.73. The maximum absolute atomic E-state index is 12.5. The van der Waals surface area contributed by atoms with Crippen molar-refractivity contribution in [1.82, 2.24) is 5.32 Å². The minimum Gasteiger partial charge on any atom is -0.497 e. The van der Waals surface area contributed by atoms with Crippen LogP contribution >= 0.6 is 23.2 Å². The van der Waals surface area contributed by atoms with Crippen molar-refractivity contribution in [3.8, 4) is 17.6 Å². The molecule has 0 radical (unpaired) electrons. The Balaban J connectivity index is 1.63. The lowest BCUT2D eigenvalue weighted by atomic mass is 9.91. The molecule has 2 N–H and O–H groups in total. The normalized spacial score (nSPS) is 11.2. The van der Waals surface area contributed by atoms with Crippen LogP contribution in [0.3, 0.4) is 0 Å². The zero-order valence-electron chi connectivity index (χ0n) is 20.0. The molecule has 0 aliphatic carbocycles. The van der Waals surface area contributed by atoms with E-state index >= 15 is 0 Å². The Bertz CT molecular complexity index is 1280. The van der Waals surface area contributed by atoms with Crippen molar-refractivity contribution in [2.45, 2.75) is 19.3 Å². The van der Waals surface area contributed by atoms with Gasteiger partial charge in [0, 0.05) is 40.3 Å². The van der Waals surface area contributed by atoms with Gasteiger partial charge in [-0.2, -0.15) is 5.26 Å². The van der Waals surface area contributed by atoms with Crippen molar-refractivity contribution in [3.05, 3.63) is 86.9 Å². The Morgan fingerprint density at radius 1 is 1.00 bits per heavy atom. The third-order valence-electron chi connectivity index (χ3n) is 5.51. The van der Waals surface area contributed by atoms with E-state index in [1.54, 1.807) is 54.6 Å². The Morgan fingerprint density at radius 3 is 2.22 bits per heavy atom. The Morgan fingerprint density at radius 2 is 1.64 bits per heavy atom. The summed E-state index contributed by atoms with van der Waals surface area (Å²) in [6.45, 7) is 1.95. The summed E-state index contributed by atoms with van der Waals surface area (Å²) < 4.78 is 10.4. The number of carbonyl (C=O) groups is 2. The largest absolute Gasteiger partial charge is 0.497 e. The third kappa shape index (κ3) is 6.69. The molecule has 2 amide bonds. The number of hydrogen-bond donors (Lipinski definition) is 2. The lowest BCUT2D eigenvalue weighted by molar-refractivity contribution is -0.116. The van der Waals surface area contributed by atoms with Crippen molar-refractivity contribution >= 4 is 40.7 Å². The number of benzene rings is 3. The van der Waals surface area contributed by atoms with Crippen LogP contribution in [0.2, 0.25) is 10.0 Å². The van der Waals surface area contributed by atoms with Gasteiger partial charge in [0.2, 0.25) is 5.91 Å². The second kappa shape index (κ2) is 12.3. The molecule has 1 atom stereocenters. The molecule has 7 nitrogen and oxygen atoms in total. The van der Waals surface area contributed by atoms with Gasteiger partial charge >= 0.3 is 0 Å². The van der Waals surface area contributed by atoms with E-state index in [4.69, 9.17) is 32.7 Å². The number of carbonyl (C=O) groups excluding carboxylic acids is 2. The van der Waals surface area contributed by atoms with E-state index in [-0.39, 0.29) is 24.8 Å². The Kier molecular flexibility index (Phi) is 9.18. The molecule has 36 heavy (non-hydrogen) atoms. The van der Waals surface area contributed by atoms with Gasteiger partial charge < -0.3 is 20.1 Å². The van der Waals surface area contributed by atoms with Gasteiger partial charge in [0.1, 0.15) is 11.5 Å². The molecular formula is C27H25Cl2N3O4. The van der Waals surface area contributed by atoms with E-state index in [1.807, 2.05) is 6.92 Å². The lowest BCUT2D eigenvalue weighted by Crippen LogP contribution is -2.27. The molecule has 0 saturated heterocycles. The van der Waals surface area contributed by atoms with Gasteiger partial charge in [-0.15, -0.1) is 0 Å². The van der Waals surface area contributed by atoms with Gasteiger partial charge in [0.05, 0.1) is 26.2 Å². The van der Waals surface area contributed by atoms with E-state index in [1.165, 1.54) is 14.2 Å². The molecule has 0 saturated carbocycles. The van der Waals surface area contributed by atoms with Crippen LogP contribution in [0.25, 0.3) is 0 Å². The number of amides is 2. The van der Waals surface area contributed by atoms with E-state index < -0.39 is 5.92 Å². The first-order valence-electron chi connectivity index (χ1n) is 11.0. The van der Waals surface area contributed by atoms with Crippen molar-refractivity contribution in [1.29, 1.82) is 5.26 Å². The summed E-state index contributed by atoms with van der Waals surface area (Å²) in [5.74, 6) is -0.248. The summed E-state index contributed by atoms with van der Waals surface area (Å²) in [6.07, 6.45) is 0.0528. The molecule has 0 spiro atoms. The zero-order valence-corrected chi connectivity index (χ0v) is 21.5. The zero-order chi connectivity index (χ0) is 26.2. The maximum atomic E-state index is 12.5. The van der Waals surface area contributed by atoms with Gasteiger partial charge in [0.15, 0.2) is 0 Å². The van der Waals surface area contributed by atoms with Crippen molar-refractivity contribution in [2.24, 2.45) is 0 Å². The van der Waals surface area contributed by atoms with Gasteiger partial charge in [-0.3, -0.25) is 9.59 Å². The molecule has 0 fully saturated rings. The number of methoxy groups -OCH3 is 2. The summed E-state index contributed by atoms with van der Waals surface area (Å²) in [5, 5.41) is 16.2. The monoisotopic (exact) mass is 525 g/mol.